The third-order valence-corrected chi connectivity index (χ3v) is 9.98. The second-order valence-electron chi connectivity index (χ2n) is 13.8. The summed E-state index contributed by atoms with van der Waals surface area (Å²) in [6.07, 6.45) is 7.14. The van der Waals surface area contributed by atoms with E-state index in [1.807, 2.05) is 123 Å². The molecule has 2 N–H and O–H groups in total. The summed E-state index contributed by atoms with van der Waals surface area (Å²) in [5.74, 6) is -0.601. The molecule has 0 amide bonds. The standard InChI is InChI=1S/C47H36N4O5/c1-26(2)56-47-44(45(52)42-37(54-3)23-24-38(55-4)43(42)46(47)53)41-35-21-19-33(50-35)39(27-11-7-5-8-12-27)31-17-15-29(48-31)25-30-16-18-32(49-30)40(28-13-9-6-10-14-28)34-20-22-36(41)51-34/h5-26,48-49H,1-4H3. The Hall–Kier alpha value is -7.26. The highest BCUT2D eigenvalue weighted by molar-refractivity contribution is 6.42. The Kier molecular flexibility index (Phi) is 8.54. The molecule has 6 aromatic rings. The van der Waals surface area contributed by atoms with Crippen LogP contribution in [-0.4, -0.2) is 51.8 Å². The van der Waals surface area contributed by atoms with E-state index in [2.05, 4.69) is 16.0 Å². The number of ether oxygens (including phenoxy) is 3. The zero-order valence-electron chi connectivity index (χ0n) is 31.1. The molecule has 3 aliphatic rings. The van der Waals surface area contributed by atoms with Gasteiger partial charge in [0.1, 0.15) is 11.5 Å². The van der Waals surface area contributed by atoms with Crippen molar-refractivity contribution in [2.75, 3.05) is 14.2 Å². The molecule has 0 radical (unpaired) electrons. The summed E-state index contributed by atoms with van der Waals surface area (Å²) in [4.78, 5) is 47.6. The van der Waals surface area contributed by atoms with Crippen molar-refractivity contribution < 1.29 is 23.8 Å². The minimum Gasteiger partial charge on any atom is -0.496 e. The topological polar surface area (TPSA) is 119 Å². The highest BCUT2D eigenvalue weighted by atomic mass is 16.5. The van der Waals surface area contributed by atoms with E-state index in [-0.39, 0.29) is 34.0 Å². The fraction of sp³-hybridized carbons (Fsp3) is 0.106. The van der Waals surface area contributed by atoms with E-state index in [1.54, 1.807) is 12.1 Å². The van der Waals surface area contributed by atoms with Crippen molar-refractivity contribution in [1.29, 1.82) is 0 Å². The van der Waals surface area contributed by atoms with Gasteiger partial charge in [-0.3, -0.25) is 9.59 Å². The summed E-state index contributed by atoms with van der Waals surface area (Å²) < 4.78 is 17.7. The Labute approximate surface area is 322 Å². The number of hydrogen-bond donors (Lipinski definition) is 2. The monoisotopic (exact) mass is 736 g/mol. The van der Waals surface area contributed by atoms with E-state index in [0.29, 0.717) is 28.3 Å². The number of fused-ring (bicyclic) bond motifs is 9. The predicted molar refractivity (Wildman–Crippen MR) is 221 cm³/mol. The fourth-order valence-electron chi connectivity index (χ4n) is 7.60. The third-order valence-electron chi connectivity index (χ3n) is 9.98. The molecule has 5 heterocycles. The number of carbonyl (C=O) groups excluding carboxylic acids is 2. The Bertz CT molecular complexity index is 2730. The van der Waals surface area contributed by atoms with Crippen LogP contribution < -0.4 is 9.47 Å². The molecule has 0 saturated carbocycles. The molecule has 0 saturated heterocycles. The smallest absolute Gasteiger partial charge is 0.232 e. The second-order valence-corrected chi connectivity index (χ2v) is 13.8. The van der Waals surface area contributed by atoms with E-state index in [4.69, 9.17) is 24.2 Å². The van der Waals surface area contributed by atoms with Gasteiger partial charge in [-0.05, 0) is 91.7 Å². The van der Waals surface area contributed by atoms with Crippen LogP contribution >= 0.6 is 0 Å². The fourth-order valence-corrected chi connectivity index (χ4v) is 7.60. The normalized spacial score (nSPS) is 13.4. The van der Waals surface area contributed by atoms with Gasteiger partial charge in [0.05, 0.1) is 59.8 Å². The highest BCUT2D eigenvalue weighted by Crippen LogP contribution is 2.44. The van der Waals surface area contributed by atoms with Crippen LogP contribution in [0, 0.1) is 0 Å². The number of ketones is 2. The van der Waals surface area contributed by atoms with Crippen molar-refractivity contribution in [1.82, 2.24) is 19.9 Å². The van der Waals surface area contributed by atoms with Gasteiger partial charge < -0.3 is 24.2 Å². The Morgan fingerprint density at radius 2 is 0.964 bits per heavy atom. The first kappa shape index (κ1) is 34.5. The lowest BCUT2D eigenvalue weighted by molar-refractivity contribution is 0.0817. The average molecular weight is 737 g/mol. The first-order chi connectivity index (χ1) is 27.3. The number of hydrogen-bond acceptors (Lipinski definition) is 7. The van der Waals surface area contributed by atoms with Crippen LogP contribution in [0.15, 0.2) is 109 Å². The number of allylic oxidation sites excluding steroid dienone is 2. The molecule has 56 heavy (non-hydrogen) atoms. The van der Waals surface area contributed by atoms with E-state index in [0.717, 1.165) is 44.3 Å². The number of H-pyrrole nitrogens is 2. The van der Waals surface area contributed by atoms with Gasteiger partial charge in [0.2, 0.25) is 11.6 Å². The summed E-state index contributed by atoms with van der Waals surface area (Å²) in [7, 11) is 2.93. The van der Waals surface area contributed by atoms with Crippen molar-refractivity contribution in [2.24, 2.45) is 0 Å². The zero-order valence-corrected chi connectivity index (χ0v) is 31.1. The van der Waals surface area contributed by atoms with E-state index in [1.165, 1.54) is 14.2 Å². The number of Topliss-reactive ketones (excluding diaryl/α,β-unsaturated/α-hetero) is 2. The molecule has 1 aliphatic carbocycles. The summed E-state index contributed by atoms with van der Waals surface area (Å²) in [6, 6.07) is 33.5. The van der Waals surface area contributed by atoms with E-state index >= 15 is 4.79 Å². The summed E-state index contributed by atoms with van der Waals surface area (Å²) in [5.41, 5.74) is 9.91. The molecule has 8 bridgehead atoms. The summed E-state index contributed by atoms with van der Waals surface area (Å²) >= 11 is 0. The Morgan fingerprint density at radius 3 is 1.41 bits per heavy atom. The van der Waals surface area contributed by atoms with Crippen LogP contribution in [0.1, 0.15) is 62.9 Å². The van der Waals surface area contributed by atoms with E-state index < -0.39 is 17.7 Å². The third kappa shape index (κ3) is 5.81. The van der Waals surface area contributed by atoms with E-state index in [9.17, 15) is 4.79 Å². The lowest BCUT2D eigenvalue weighted by atomic mass is 9.82. The Morgan fingerprint density at radius 1 is 0.518 bits per heavy atom. The molecule has 3 aromatic heterocycles. The number of benzene rings is 3. The molecule has 0 fully saturated rings. The minimum absolute atomic E-state index is 0.0413. The van der Waals surface area contributed by atoms with Crippen molar-refractivity contribution in [2.45, 2.75) is 20.0 Å². The van der Waals surface area contributed by atoms with Crippen LogP contribution in [0.3, 0.4) is 0 Å². The van der Waals surface area contributed by atoms with Gasteiger partial charge in [-0.1, -0.05) is 60.7 Å². The average Bonchev–Trinajstić information content (AvgIpc) is 4.06. The molecule has 3 aromatic carbocycles. The molecule has 9 nitrogen and oxygen atoms in total. The summed E-state index contributed by atoms with van der Waals surface area (Å²) in [6.45, 7) is 3.63. The number of nitrogens with zero attached hydrogens (tertiary/aromatic N) is 2. The molecule has 0 atom stereocenters. The number of methoxy groups -OCH3 is 2. The number of rotatable bonds is 7. The molecule has 9 heteroatoms. The molecular formula is C47H36N4O5. The molecule has 2 aliphatic heterocycles. The maximum Gasteiger partial charge on any atom is 0.232 e. The van der Waals surface area contributed by atoms with Gasteiger partial charge in [-0.2, -0.15) is 0 Å². The SMILES string of the molecule is COc1ccc(OC)c2c1C(=O)C(OC(C)C)=C(c1c3nc(c(-c4ccccc4)c4ccc(cc5ccc([nH]5)c(-c5ccccc5)c5nc1C=C5)[nH]4)C=C3)C2=O. The van der Waals surface area contributed by atoms with Gasteiger partial charge in [-0.25, -0.2) is 9.97 Å². The number of aromatic nitrogens is 4. The molecular weight excluding hydrogens is 701 g/mol. The lowest BCUT2D eigenvalue weighted by Crippen LogP contribution is -2.26. The maximum atomic E-state index is 15.2. The van der Waals surface area contributed by atoms with Crippen molar-refractivity contribution >= 4 is 63.5 Å². The predicted octanol–water partition coefficient (Wildman–Crippen LogP) is 10.2. The van der Waals surface area contributed by atoms with Gasteiger partial charge in [0.15, 0.2) is 5.76 Å². The van der Waals surface area contributed by atoms with Gasteiger partial charge in [-0.15, -0.1) is 0 Å². The number of nitrogens with one attached hydrogen (secondary N) is 2. The largest absolute Gasteiger partial charge is 0.496 e. The molecule has 274 valence electrons. The van der Waals surface area contributed by atoms with Crippen LogP contribution in [0.2, 0.25) is 0 Å². The first-order valence-corrected chi connectivity index (χ1v) is 18.3. The van der Waals surface area contributed by atoms with Gasteiger partial charge >= 0.3 is 0 Å². The van der Waals surface area contributed by atoms with Crippen molar-refractivity contribution in [3.63, 3.8) is 0 Å². The van der Waals surface area contributed by atoms with Crippen LogP contribution in [-0.2, 0) is 4.74 Å². The van der Waals surface area contributed by atoms with Crippen LogP contribution in [0.4, 0.5) is 0 Å². The van der Waals surface area contributed by atoms with Crippen molar-refractivity contribution in [3.05, 3.63) is 148 Å². The van der Waals surface area contributed by atoms with Crippen LogP contribution in [0.25, 0.3) is 74.2 Å². The lowest BCUT2D eigenvalue weighted by Gasteiger charge is -2.26. The quantitative estimate of drug-likeness (QED) is 0.167. The van der Waals surface area contributed by atoms with Gasteiger partial charge in [0, 0.05) is 38.8 Å². The minimum atomic E-state index is -0.501. The Balaban J connectivity index is 1.47. The molecule has 9 rings (SSSR count). The number of carbonyl (C=O) groups is 2. The zero-order chi connectivity index (χ0) is 38.5. The molecule has 0 spiro atoms. The van der Waals surface area contributed by atoms with Crippen LogP contribution in [0.5, 0.6) is 11.5 Å². The molecule has 0 unspecified atom stereocenters. The maximum absolute atomic E-state index is 15.2. The number of aromatic amines is 2. The second kappa shape index (κ2) is 13.9. The highest BCUT2D eigenvalue weighted by Gasteiger charge is 2.41. The van der Waals surface area contributed by atoms with Crippen molar-refractivity contribution in [3.8, 4) is 33.8 Å². The summed E-state index contributed by atoms with van der Waals surface area (Å²) in [5, 5.41) is 0. The first-order valence-electron chi connectivity index (χ1n) is 18.3. The van der Waals surface area contributed by atoms with Gasteiger partial charge in [0.25, 0.3) is 0 Å².